The summed E-state index contributed by atoms with van der Waals surface area (Å²) < 4.78 is 1.92. The summed E-state index contributed by atoms with van der Waals surface area (Å²) in [6.07, 6.45) is 5.06. The molecule has 0 spiro atoms. The van der Waals surface area contributed by atoms with Gasteiger partial charge in [0.1, 0.15) is 0 Å². The van der Waals surface area contributed by atoms with E-state index in [1.807, 2.05) is 29.1 Å². The number of nitrogens with zero attached hydrogens (tertiary/aromatic N) is 3. The fraction of sp³-hybridized carbons (Fsp3) is 0.400. The topological polar surface area (TPSA) is 47.1 Å². The van der Waals surface area contributed by atoms with Crippen molar-refractivity contribution in [2.45, 2.75) is 19.4 Å². The molecule has 0 bridgehead atoms. The molecule has 19 heavy (non-hydrogen) atoms. The minimum Gasteiger partial charge on any atom is -0.330 e. The molecular weight excluding hydrogens is 236 g/mol. The quantitative estimate of drug-likeness (QED) is 0.864. The molecule has 1 aromatic carbocycles. The van der Waals surface area contributed by atoms with Crippen LogP contribution in [0.25, 0.3) is 5.69 Å². The zero-order valence-corrected chi connectivity index (χ0v) is 11.7. The monoisotopic (exact) mass is 258 g/mol. The summed E-state index contributed by atoms with van der Waals surface area (Å²) in [5, 5.41) is 4.44. The lowest BCUT2D eigenvalue weighted by Gasteiger charge is -2.23. The van der Waals surface area contributed by atoms with Gasteiger partial charge in [-0.25, -0.2) is 4.68 Å². The van der Waals surface area contributed by atoms with Crippen molar-refractivity contribution in [2.24, 2.45) is 5.73 Å². The molecule has 0 fully saturated rings. The Bertz CT molecular complexity index is 492. The molecule has 1 unspecified atom stereocenters. The van der Waals surface area contributed by atoms with Crippen LogP contribution in [0.5, 0.6) is 0 Å². The van der Waals surface area contributed by atoms with E-state index in [4.69, 9.17) is 5.73 Å². The Hall–Kier alpha value is -1.65. The summed E-state index contributed by atoms with van der Waals surface area (Å²) in [7, 11) is 2.13. The van der Waals surface area contributed by atoms with Crippen LogP contribution in [0, 0.1) is 0 Å². The van der Waals surface area contributed by atoms with Gasteiger partial charge in [-0.15, -0.1) is 0 Å². The van der Waals surface area contributed by atoms with E-state index in [2.05, 4.69) is 42.3 Å². The molecule has 4 nitrogen and oxygen atoms in total. The van der Waals surface area contributed by atoms with Gasteiger partial charge in [0.2, 0.25) is 0 Å². The number of para-hydroxylation sites is 1. The highest BCUT2D eigenvalue weighted by Gasteiger charge is 2.13. The summed E-state index contributed by atoms with van der Waals surface area (Å²) in [5.74, 6) is 0. The molecule has 0 aliphatic carbocycles. The van der Waals surface area contributed by atoms with E-state index in [0.717, 1.165) is 25.2 Å². The van der Waals surface area contributed by atoms with Gasteiger partial charge in [-0.05, 0) is 45.6 Å². The number of hydrogen-bond donors (Lipinski definition) is 1. The first-order valence-electron chi connectivity index (χ1n) is 6.72. The second kappa shape index (κ2) is 6.50. The standard InChI is InChI=1S/C15H22N4/c1-13(18(2)10-6-9-16)14-11-17-19(12-14)15-7-4-3-5-8-15/h3-5,7-8,11-13H,6,9-10,16H2,1-2H3. The summed E-state index contributed by atoms with van der Waals surface area (Å²) in [4.78, 5) is 2.30. The van der Waals surface area contributed by atoms with E-state index in [0.29, 0.717) is 6.04 Å². The van der Waals surface area contributed by atoms with Crippen molar-refractivity contribution >= 4 is 0 Å². The Morgan fingerprint density at radius 2 is 2.05 bits per heavy atom. The molecule has 1 aromatic heterocycles. The van der Waals surface area contributed by atoms with Crippen molar-refractivity contribution in [3.8, 4) is 5.69 Å². The van der Waals surface area contributed by atoms with E-state index < -0.39 is 0 Å². The lowest BCUT2D eigenvalue weighted by molar-refractivity contribution is 0.260. The third kappa shape index (κ3) is 3.43. The zero-order chi connectivity index (χ0) is 13.7. The number of rotatable bonds is 6. The Morgan fingerprint density at radius 3 is 2.74 bits per heavy atom. The molecule has 2 N–H and O–H groups in total. The van der Waals surface area contributed by atoms with Crippen molar-refractivity contribution in [3.05, 3.63) is 48.3 Å². The zero-order valence-electron chi connectivity index (χ0n) is 11.7. The van der Waals surface area contributed by atoms with Crippen LogP contribution in [0.1, 0.15) is 24.9 Å². The Morgan fingerprint density at radius 1 is 1.32 bits per heavy atom. The molecule has 0 aliphatic rings. The minimum absolute atomic E-state index is 0.351. The molecule has 1 heterocycles. The van der Waals surface area contributed by atoms with Gasteiger partial charge < -0.3 is 5.73 Å². The van der Waals surface area contributed by atoms with Crippen molar-refractivity contribution in [2.75, 3.05) is 20.1 Å². The Labute approximate surface area is 114 Å². The number of benzene rings is 1. The highest BCUT2D eigenvalue weighted by Crippen LogP contribution is 2.19. The number of aromatic nitrogens is 2. The van der Waals surface area contributed by atoms with Gasteiger partial charge in [0.25, 0.3) is 0 Å². The van der Waals surface area contributed by atoms with Crippen molar-refractivity contribution in [1.29, 1.82) is 0 Å². The summed E-state index contributed by atoms with van der Waals surface area (Å²) >= 11 is 0. The van der Waals surface area contributed by atoms with Gasteiger partial charge in [0.15, 0.2) is 0 Å². The fourth-order valence-corrected chi connectivity index (χ4v) is 2.06. The molecule has 2 rings (SSSR count). The van der Waals surface area contributed by atoms with Crippen LogP contribution < -0.4 is 5.73 Å². The largest absolute Gasteiger partial charge is 0.330 e. The fourth-order valence-electron chi connectivity index (χ4n) is 2.06. The first-order valence-corrected chi connectivity index (χ1v) is 6.72. The lowest BCUT2D eigenvalue weighted by atomic mass is 10.1. The smallest absolute Gasteiger partial charge is 0.0645 e. The van der Waals surface area contributed by atoms with Gasteiger partial charge >= 0.3 is 0 Å². The molecule has 0 amide bonds. The van der Waals surface area contributed by atoms with Crippen LogP contribution in [0.15, 0.2) is 42.7 Å². The molecule has 0 saturated heterocycles. The number of nitrogens with two attached hydrogens (primary N) is 1. The van der Waals surface area contributed by atoms with E-state index in [1.54, 1.807) is 0 Å². The second-order valence-electron chi connectivity index (χ2n) is 4.85. The van der Waals surface area contributed by atoms with E-state index in [-0.39, 0.29) is 0 Å². The minimum atomic E-state index is 0.351. The van der Waals surface area contributed by atoms with Crippen LogP contribution >= 0.6 is 0 Å². The van der Waals surface area contributed by atoms with Crippen LogP contribution in [-0.2, 0) is 0 Å². The molecule has 4 heteroatoms. The highest BCUT2D eigenvalue weighted by atomic mass is 15.3. The molecule has 1 atom stereocenters. The molecule has 2 aromatic rings. The van der Waals surface area contributed by atoms with E-state index in [9.17, 15) is 0 Å². The molecular formula is C15H22N4. The average molecular weight is 258 g/mol. The van der Waals surface area contributed by atoms with Crippen LogP contribution in [0.3, 0.4) is 0 Å². The van der Waals surface area contributed by atoms with Crippen molar-refractivity contribution in [3.63, 3.8) is 0 Å². The molecule has 0 aliphatic heterocycles. The lowest BCUT2D eigenvalue weighted by Crippen LogP contribution is -2.24. The van der Waals surface area contributed by atoms with Crippen LogP contribution in [0.4, 0.5) is 0 Å². The number of hydrogen-bond acceptors (Lipinski definition) is 3. The van der Waals surface area contributed by atoms with Gasteiger partial charge in [0.05, 0.1) is 11.9 Å². The van der Waals surface area contributed by atoms with E-state index >= 15 is 0 Å². The summed E-state index contributed by atoms with van der Waals surface area (Å²) in [6.45, 7) is 3.94. The van der Waals surface area contributed by atoms with Gasteiger partial charge in [-0.1, -0.05) is 18.2 Å². The van der Waals surface area contributed by atoms with Gasteiger partial charge in [-0.2, -0.15) is 5.10 Å². The average Bonchev–Trinajstić information content (AvgIpc) is 2.94. The molecule has 0 saturated carbocycles. The molecule has 102 valence electrons. The maximum Gasteiger partial charge on any atom is 0.0645 e. The third-order valence-electron chi connectivity index (χ3n) is 3.48. The first-order chi connectivity index (χ1) is 9.22. The summed E-state index contributed by atoms with van der Waals surface area (Å²) in [6, 6.07) is 10.5. The maximum absolute atomic E-state index is 5.55. The van der Waals surface area contributed by atoms with Crippen molar-refractivity contribution in [1.82, 2.24) is 14.7 Å². The first kappa shape index (κ1) is 13.8. The van der Waals surface area contributed by atoms with Crippen LogP contribution in [0.2, 0.25) is 0 Å². The maximum atomic E-state index is 5.55. The van der Waals surface area contributed by atoms with E-state index in [1.165, 1.54) is 5.56 Å². The summed E-state index contributed by atoms with van der Waals surface area (Å²) in [5.41, 5.74) is 7.87. The highest BCUT2D eigenvalue weighted by molar-refractivity contribution is 5.31. The molecule has 0 radical (unpaired) electrons. The van der Waals surface area contributed by atoms with Gasteiger partial charge in [0, 0.05) is 17.8 Å². The third-order valence-corrected chi connectivity index (χ3v) is 3.48. The Kier molecular flexibility index (Phi) is 4.71. The Balaban J connectivity index is 2.08. The SMILES string of the molecule is CC(c1cnn(-c2ccccc2)c1)N(C)CCCN. The second-order valence-corrected chi connectivity index (χ2v) is 4.85. The van der Waals surface area contributed by atoms with Gasteiger partial charge in [-0.3, -0.25) is 4.90 Å². The normalized spacial score (nSPS) is 12.8. The van der Waals surface area contributed by atoms with Crippen LogP contribution in [-0.4, -0.2) is 34.8 Å². The predicted octanol–water partition coefficient (Wildman–Crippen LogP) is 2.21. The van der Waals surface area contributed by atoms with Crippen molar-refractivity contribution < 1.29 is 0 Å². The predicted molar refractivity (Wildman–Crippen MR) is 78.3 cm³/mol.